The van der Waals surface area contributed by atoms with Crippen LogP contribution in [0.25, 0.3) is 0 Å². The van der Waals surface area contributed by atoms with Gasteiger partial charge in [-0.05, 0) is 73.7 Å². The Morgan fingerprint density at radius 2 is 1.58 bits per heavy atom. The molecule has 0 saturated carbocycles. The molecule has 1 heterocycles. The number of urea groups is 2. The predicted molar refractivity (Wildman–Crippen MR) is 160 cm³/mol. The minimum atomic E-state index is -4.50. The molecule has 1 aliphatic heterocycles. The van der Waals surface area contributed by atoms with E-state index in [0.717, 1.165) is 24.3 Å². The van der Waals surface area contributed by atoms with Crippen molar-refractivity contribution < 1.29 is 41.8 Å². The zero-order valence-corrected chi connectivity index (χ0v) is 24.7. The van der Waals surface area contributed by atoms with Crippen LogP contribution >= 0.6 is 0 Å². The van der Waals surface area contributed by atoms with Crippen molar-refractivity contribution in [2.75, 3.05) is 42.7 Å². The molecule has 14 heteroatoms. The van der Waals surface area contributed by atoms with E-state index in [1.54, 1.807) is 6.92 Å². The summed E-state index contributed by atoms with van der Waals surface area (Å²) >= 11 is 0. The molecule has 0 aliphatic carbocycles. The second-order valence-corrected chi connectivity index (χ2v) is 10.8. The fourth-order valence-electron chi connectivity index (χ4n) is 4.66. The first kappa shape index (κ1) is 33.1. The third-order valence-corrected chi connectivity index (χ3v) is 7.29. The highest BCUT2D eigenvalue weighted by molar-refractivity contribution is 6.02. The molecule has 0 radical (unpaired) electrons. The molecule has 3 aromatic carbocycles. The zero-order chi connectivity index (χ0) is 32.9. The number of nitrogens with one attached hydrogen (secondary N) is 3. The van der Waals surface area contributed by atoms with Crippen molar-refractivity contribution in [3.8, 4) is 5.75 Å². The number of hydrogen-bond acceptors (Lipinski definition) is 5. The molecule has 4 N–H and O–H groups in total. The standard InChI is InChI=1S/C31H33F4N5O5/c1-18-15-40(19(2)17-41)28(42)25-14-24(37-29(43)36-22-10-6-21(32)7-11-22)12-13-26(25)45-27(18)16-39(3)30(44)38-23-8-4-20(5-9-23)31(33,34)35/h4-14,18-19,27,41H,15-17H2,1-3H3,(H,38,44)(H2,36,37,43)/t18-,19-,27+/m1/s1. The van der Waals surface area contributed by atoms with Gasteiger partial charge in [-0.15, -0.1) is 0 Å². The van der Waals surface area contributed by atoms with Crippen LogP contribution in [0.15, 0.2) is 66.7 Å². The van der Waals surface area contributed by atoms with Crippen LogP contribution in [0.4, 0.5) is 44.2 Å². The molecule has 5 amide bonds. The highest BCUT2D eigenvalue weighted by Crippen LogP contribution is 2.32. The monoisotopic (exact) mass is 631 g/mol. The number of rotatable bonds is 7. The summed E-state index contributed by atoms with van der Waals surface area (Å²) in [5, 5.41) is 17.6. The van der Waals surface area contributed by atoms with Crippen LogP contribution in [0.2, 0.25) is 0 Å². The van der Waals surface area contributed by atoms with Gasteiger partial charge in [-0.1, -0.05) is 6.92 Å². The SMILES string of the molecule is C[C@@H]1CN([C@H](C)CO)C(=O)c2cc(NC(=O)Nc3ccc(F)cc3)ccc2O[C@H]1CN(C)C(=O)Nc1ccc(C(F)(F)F)cc1. The van der Waals surface area contributed by atoms with Crippen LogP contribution in [-0.2, 0) is 6.18 Å². The van der Waals surface area contributed by atoms with Gasteiger partial charge in [0, 0.05) is 36.6 Å². The molecular formula is C31H33F4N5O5. The third kappa shape index (κ3) is 8.41. The number of anilines is 3. The number of halogens is 4. The van der Waals surface area contributed by atoms with E-state index in [1.807, 2.05) is 6.92 Å². The molecule has 0 aromatic heterocycles. The van der Waals surface area contributed by atoms with Crippen molar-refractivity contribution in [3.05, 3.63) is 83.7 Å². The first-order chi connectivity index (χ1) is 21.2. The van der Waals surface area contributed by atoms with E-state index in [4.69, 9.17) is 4.74 Å². The molecule has 0 unspecified atom stereocenters. The van der Waals surface area contributed by atoms with Gasteiger partial charge in [0.25, 0.3) is 5.91 Å². The Morgan fingerprint density at radius 1 is 1.00 bits per heavy atom. The lowest BCUT2D eigenvalue weighted by atomic mass is 9.99. The number of ether oxygens (including phenoxy) is 1. The van der Waals surface area contributed by atoms with Crippen molar-refractivity contribution in [3.63, 3.8) is 0 Å². The fourth-order valence-corrected chi connectivity index (χ4v) is 4.66. The van der Waals surface area contributed by atoms with E-state index >= 15 is 0 Å². The number of fused-ring (bicyclic) bond motifs is 1. The maximum absolute atomic E-state index is 13.6. The van der Waals surface area contributed by atoms with Gasteiger partial charge in [0.2, 0.25) is 0 Å². The number of alkyl halides is 3. The second kappa shape index (κ2) is 13.8. The summed E-state index contributed by atoms with van der Waals surface area (Å²) in [6.07, 6.45) is -5.15. The molecule has 45 heavy (non-hydrogen) atoms. The number of carbonyl (C=O) groups is 3. The molecule has 0 fully saturated rings. The average molecular weight is 632 g/mol. The summed E-state index contributed by atoms with van der Waals surface area (Å²) < 4.78 is 58.1. The maximum atomic E-state index is 13.6. The van der Waals surface area contributed by atoms with Crippen molar-refractivity contribution >= 4 is 35.0 Å². The van der Waals surface area contributed by atoms with Crippen LogP contribution in [0.1, 0.15) is 29.8 Å². The van der Waals surface area contributed by atoms with Crippen LogP contribution in [0.5, 0.6) is 5.75 Å². The minimum absolute atomic E-state index is 0.0443. The number of likely N-dealkylation sites (N-methyl/N-ethyl adjacent to an activating group) is 1. The van der Waals surface area contributed by atoms with Crippen molar-refractivity contribution in [2.45, 2.75) is 32.2 Å². The normalized spacial score (nSPS) is 17.2. The smallest absolute Gasteiger partial charge is 0.416 e. The van der Waals surface area contributed by atoms with Crippen molar-refractivity contribution in [1.82, 2.24) is 9.80 Å². The van der Waals surface area contributed by atoms with Gasteiger partial charge in [-0.25, -0.2) is 14.0 Å². The summed E-state index contributed by atoms with van der Waals surface area (Å²) in [5.41, 5.74) is 0.0655. The number of hydrogen-bond donors (Lipinski definition) is 4. The summed E-state index contributed by atoms with van der Waals surface area (Å²) in [6.45, 7) is 3.41. The van der Waals surface area contributed by atoms with E-state index in [1.165, 1.54) is 59.3 Å². The van der Waals surface area contributed by atoms with E-state index in [-0.39, 0.29) is 48.3 Å². The Balaban J connectivity index is 1.52. The van der Waals surface area contributed by atoms with E-state index in [0.29, 0.717) is 5.69 Å². The summed E-state index contributed by atoms with van der Waals surface area (Å²) in [5.74, 6) is -1.03. The van der Waals surface area contributed by atoms with Crippen LogP contribution < -0.4 is 20.7 Å². The Bertz CT molecular complexity index is 1520. The predicted octanol–water partition coefficient (Wildman–Crippen LogP) is 5.87. The number of aliphatic hydroxyl groups excluding tert-OH is 1. The van der Waals surface area contributed by atoms with Gasteiger partial charge in [0.1, 0.15) is 17.7 Å². The van der Waals surface area contributed by atoms with Crippen molar-refractivity contribution in [1.29, 1.82) is 0 Å². The van der Waals surface area contributed by atoms with Gasteiger partial charge in [0.15, 0.2) is 0 Å². The van der Waals surface area contributed by atoms with Crippen LogP contribution in [0.3, 0.4) is 0 Å². The first-order valence-corrected chi connectivity index (χ1v) is 14.0. The molecule has 10 nitrogen and oxygen atoms in total. The maximum Gasteiger partial charge on any atom is 0.416 e. The Morgan fingerprint density at radius 3 is 2.20 bits per heavy atom. The molecule has 3 atom stereocenters. The van der Waals surface area contributed by atoms with Crippen LogP contribution in [0, 0.1) is 11.7 Å². The van der Waals surface area contributed by atoms with E-state index in [9.17, 15) is 37.1 Å². The molecule has 3 aromatic rings. The number of nitrogens with zero attached hydrogens (tertiary/aromatic N) is 2. The highest BCUT2D eigenvalue weighted by Gasteiger charge is 2.34. The van der Waals surface area contributed by atoms with Gasteiger partial charge in [-0.3, -0.25) is 4.79 Å². The average Bonchev–Trinajstić information content (AvgIpc) is 2.99. The molecule has 4 rings (SSSR count). The zero-order valence-electron chi connectivity index (χ0n) is 24.7. The molecule has 0 bridgehead atoms. The lowest BCUT2D eigenvalue weighted by molar-refractivity contribution is -0.137. The lowest BCUT2D eigenvalue weighted by Crippen LogP contribution is -2.50. The first-order valence-electron chi connectivity index (χ1n) is 14.0. The Labute approximate surface area is 257 Å². The quantitative estimate of drug-likeness (QED) is 0.243. The molecule has 0 saturated heterocycles. The number of aliphatic hydroxyl groups is 1. The largest absolute Gasteiger partial charge is 0.487 e. The van der Waals surface area contributed by atoms with Gasteiger partial charge < -0.3 is 35.6 Å². The van der Waals surface area contributed by atoms with Gasteiger partial charge in [0.05, 0.1) is 30.3 Å². The van der Waals surface area contributed by atoms with E-state index in [2.05, 4.69) is 16.0 Å². The molecule has 240 valence electrons. The van der Waals surface area contributed by atoms with Crippen molar-refractivity contribution in [2.24, 2.45) is 5.92 Å². The summed E-state index contributed by atoms with van der Waals surface area (Å²) in [4.78, 5) is 41.9. The third-order valence-electron chi connectivity index (χ3n) is 7.29. The van der Waals surface area contributed by atoms with Crippen LogP contribution in [-0.4, -0.2) is 71.8 Å². The number of benzene rings is 3. The van der Waals surface area contributed by atoms with Gasteiger partial charge in [-0.2, -0.15) is 13.2 Å². The fraction of sp³-hybridized carbons (Fsp3) is 0.323. The molecular weight excluding hydrogens is 598 g/mol. The minimum Gasteiger partial charge on any atom is -0.487 e. The topological polar surface area (TPSA) is 123 Å². The van der Waals surface area contributed by atoms with Gasteiger partial charge >= 0.3 is 18.2 Å². The summed E-state index contributed by atoms with van der Waals surface area (Å²) in [6, 6.07) is 11.9. The Kier molecular flexibility index (Phi) is 10.2. The molecule has 0 spiro atoms. The highest BCUT2D eigenvalue weighted by atomic mass is 19.4. The number of amides is 5. The number of carbonyl (C=O) groups excluding carboxylic acids is 3. The Hall–Kier alpha value is -4.85. The van der Waals surface area contributed by atoms with E-state index < -0.39 is 47.7 Å². The summed E-state index contributed by atoms with van der Waals surface area (Å²) in [7, 11) is 1.50. The second-order valence-electron chi connectivity index (χ2n) is 10.8. The lowest BCUT2D eigenvalue weighted by Gasteiger charge is -2.38. The molecule has 1 aliphatic rings.